The molecule has 4 nitrogen and oxygen atoms in total. The Labute approximate surface area is 73.1 Å². The summed E-state index contributed by atoms with van der Waals surface area (Å²) in [6.07, 6.45) is 4.60. The van der Waals surface area contributed by atoms with E-state index in [0.29, 0.717) is 13.0 Å². The van der Waals surface area contributed by atoms with Crippen LogP contribution in [0.1, 0.15) is 32.1 Å². The summed E-state index contributed by atoms with van der Waals surface area (Å²) in [4.78, 5) is 0. The first kappa shape index (κ1) is 9.95. The smallest absolute Gasteiger partial charge is 0.281 e. The van der Waals surface area contributed by atoms with E-state index in [4.69, 9.17) is 4.55 Å². The van der Waals surface area contributed by atoms with E-state index in [1.54, 1.807) is 0 Å². The van der Waals surface area contributed by atoms with Gasteiger partial charge in [0.2, 0.25) is 0 Å². The Hall–Kier alpha value is -0.130. The number of hydrogen-bond acceptors (Lipinski definition) is 3. The van der Waals surface area contributed by atoms with Crippen molar-refractivity contribution in [3.05, 3.63) is 0 Å². The molecule has 12 heavy (non-hydrogen) atoms. The second-order valence-corrected chi connectivity index (χ2v) is 4.76. The summed E-state index contributed by atoms with van der Waals surface area (Å²) in [5.74, 6) is 0. The van der Waals surface area contributed by atoms with Gasteiger partial charge in [-0.2, -0.15) is 8.42 Å². The summed E-state index contributed by atoms with van der Waals surface area (Å²) in [6.45, 7) is 0.685. The normalized spacial score (nSPS) is 27.6. The van der Waals surface area contributed by atoms with Crippen LogP contribution in [0.2, 0.25) is 0 Å². The van der Waals surface area contributed by atoms with Crippen LogP contribution in [0.25, 0.3) is 0 Å². The van der Waals surface area contributed by atoms with Crippen molar-refractivity contribution in [1.29, 1.82) is 0 Å². The Bertz CT molecular complexity index is 217. The molecule has 0 aliphatic carbocycles. The molecular formula is C7H15NO3S. The Morgan fingerprint density at radius 2 is 1.83 bits per heavy atom. The highest BCUT2D eigenvalue weighted by molar-refractivity contribution is 7.86. The van der Waals surface area contributed by atoms with Crippen LogP contribution in [0.15, 0.2) is 0 Å². The van der Waals surface area contributed by atoms with Crippen LogP contribution in [0.4, 0.5) is 0 Å². The van der Waals surface area contributed by atoms with Gasteiger partial charge in [0.05, 0.1) is 0 Å². The van der Waals surface area contributed by atoms with Crippen molar-refractivity contribution >= 4 is 10.1 Å². The number of hydrogen-bond donors (Lipinski definition) is 2. The molecule has 1 rings (SSSR count). The summed E-state index contributed by atoms with van der Waals surface area (Å²) in [5.41, 5.74) is 0. The first-order chi connectivity index (χ1) is 5.61. The van der Waals surface area contributed by atoms with Gasteiger partial charge in [-0.1, -0.05) is 19.3 Å². The topological polar surface area (TPSA) is 66.4 Å². The molecule has 2 N–H and O–H groups in total. The minimum atomic E-state index is -3.88. The molecule has 1 aliphatic heterocycles. The van der Waals surface area contributed by atoms with E-state index in [1.165, 1.54) is 0 Å². The molecule has 0 aromatic rings. The summed E-state index contributed by atoms with van der Waals surface area (Å²) >= 11 is 0. The lowest BCUT2D eigenvalue weighted by Crippen LogP contribution is -2.37. The Balaban J connectivity index is 2.51. The van der Waals surface area contributed by atoms with Crippen molar-refractivity contribution in [1.82, 2.24) is 5.32 Å². The molecule has 5 heteroatoms. The van der Waals surface area contributed by atoms with Crippen molar-refractivity contribution < 1.29 is 13.0 Å². The molecule has 0 aromatic carbocycles. The average Bonchev–Trinajstić information content (AvgIpc) is 1.81. The molecule has 72 valence electrons. The molecule has 0 spiro atoms. The fraction of sp³-hybridized carbons (Fsp3) is 1.00. The monoisotopic (exact) mass is 193 g/mol. The first-order valence-corrected chi connectivity index (χ1v) is 5.81. The van der Waals surface area contributed by atoms with Crippen LogP contribution in [0.5, 0.6) is 0 Å². The third kappa shape index (κ3) is 3.08. The highest BCUT2D eigenvalue weighted by atomic mass is 32.2. The van der Waals surface area contributed by atoms with Gasteiger partial charge in [-0.25, -0.2) is 0 Å². The maximum Gasteiger partial charge on any atom is 0.281 e. The van der Waals surface area contributed by atoms with E-state index in [1.807, 2.05) is 0 Å². The molecule has 0 saturated carbocycles. The van der Waals surface area contributed by atoms with Crippen molar-refractivity contribution in [2.24, 2.45) is 0 Å². The molecule has 0 amide bonds. The maximum absolute atomic E-state index is 10.7. The number of rotatable bonds is 1. The molecule has 1 heterocycles. The molecule has 0 aromatic heterocycles. The zero-order chi connectivity index (χ0) is 9.03. The van der Waals surface area contributed by atoms with Gasteiger partial charge < -0.3 is 0 Å². The van der Waals surface area contributed by atoms with E-state index in [-0.39, 0.29) is 0 Å². The second-order valence-electron chi connectivity index (χ2n) is 3.16. The average molecular weight is 193 g/mol. The number of nitrogens with one attached hydrogen (secondary N) is 1. The Morgan fingerprint density at radius 3 is 2.50 bits per heavy atom. The summed E-state index contributed by atoms with van der Waals surface area (Å²) in [6, 6.07) is 0. The van der Waals surface area contributed by atoms with Gasteiger partial charge in [0, 0.05) is 0 Å². The lowest BCUT2D eigenvalue weighted by atomic mass is 10.1. The lowest BCUT2D eigenvalue weighted by molar-refractivity contribution is 0.418. The van der Waals surface area contributed by atoms with E-state index < -0.39 is 15.5 Å². The fourth-order valence-electron chi connectivity index (χ4n) is 1.43. The van der Waals surface area contributed by atoms with E-state index in [9.17, 15) is 8.42 Å². The maximum atomic E-state index is 10.7. The quantitative estimate of drug-likeness (QED) is 0.603. The highest BCUT2D eigenvalue weighted by Crippen LogP contribution is 2.12. The molecule has 1 saturated heterocycles. The minimum Gasteiger partial charge on any atom is -0.299 e. The third-order valence-corrected chi connectivity index (χ3v) is 3.25. The van der Waals surface area contributed by atoms with E-state index in [0.717, 1.165) is 25.7 Å². The molecule has 1 atom stereocenters. The van der Waals surface area contributed by atoms with Gasteiger partial charge in [0.15, 0.2) is 0 Å². The predicted octanol–water partition coefficient (Wildman–Crippen LogP) is 0.754. The Kier molecular flexibility index (Phi) is 3.49. The highest BCUT2D eigenvalue weighted by Gasteiger charge is 2.22. The standard InChI is InChI=1S/C7H15NO3S/c9-12(10,11)7-5-3-1-2-4-6-8-7/h7-8H,1-6H2,(H,9,10,11). The molecular weight excluding hydrogens is 178 g/mol. The summed E-state index contributed by atoms with van der Waals surface area (Å²) in [7, 11) is -3.88. The van der Waals surface area contributed by atoms with Crippen LogP contribution in [0.3, 0.4) is 0 Å². The zero-order valence-electron chi connectivity index (χ0n) is 6.99. The third-order valence-electron chi connectivity index (χ3n) is 2.12. The van der Waals surface area contributed by atoms with Crippen LogP contribution >= 0.6 is 0 Å². The molecule has 1 fully saturated rings. The molecule has 0 radical (unpaired) electrons. The SMILES string of the molecule is O=S(=O)(O)C1CCCCCCN1. The van der Waals surface area contributed by atoms with Crippen molar-refractivity contribution in [3.8, 4) is 0 Å². The van der Waals surface area contributed by atoms with Crippen molar-refractivity contribution in [3.63, 3.8) is 0 Å². The van der Waals surface area contributed by atoms with Gasteiger partial charge in [0.25, 0.3) is 10.1 Å². The molecule has 1 aliphatic rings. The Morgan fingerprint density at radius 1 is 1.17 bits per heavy atom. The van der Waals surface area contributed by atoms with Gasteiger partial charge in [0.1, 0.15) is 5.37 Å². The van der Waals surface area contributed by atoms with E-state index in [2.05, 4.69) is 5.32 Å². The molecule has 0 bridgehead atoms. The zero-order valence-corrected chi connectivity index (χ0v) is 7.81. The van der Waals surface area contributed by atoms with E-state index >= 15 is 0 Å². The van der Waals surface area contributed by atoms with Crippen LogP contribution in [-0.2, 0) is 10.1 Å². The van der Waals surface area contributed by atoms with Crippen molar-refractivity contribution in [2.45, 2.75) is 37.5 Å². The molecule has 1 unspecified atom stereocenters. The van der Waals surface area contributed by atoms with Crippen LogP contribution < -0.4 is 5.32 Å². The second kappa shape index (κ2) is 4.20. The van der Waals surface area contributed by atoms with Crippen LogP contribution in [0, 0.1) is 0 Å². The lowest BCUT2D eigenvalue weighted by Gasteiger charge is -2.18. The van der Waals surface area contributed by atoms with Gasteiger partial charge >= 0.3 is 0 Å². The van der Waals surface area contributed by atoms with Gasteiger partial charge in [-0.05, 0) is 19.4 Å². The predicted molar refractivity (Wildman–Crippen MR) is 46.4 cm³/mol. The van der Waals surface area contributed by atoms with Crippen LogP contribution in [-0.4, -0.2) is 24.9 Å². The van der Waals surface area contributed by atoms with Gasteiger partial charge in [-0.3, -0.25) is 9.87 Å². The van der Waals surface area contributed by atoms with Crippen molar-refractivity contribution in [2.75, 3.05) is 6.54 Å². The summed E-state index contributed by atoms with van der Waals surface area (Å²) in [5, 5.41) is 2.09. The fourth-order valence-corrected chi connectivity index (χ4v) is 2.22. The summed E-state index contributed by atoms with van der Waals surface area (Å²) < 4.78 is 30.3. The first-order valence-electron chi connectivity index (χ1n) is 4.30. The van der Waals surface area contributed by atoms with Gasteiger partial charge in [-0.15, -0.1) is 0 Å². The largest absolute Gasteiger partial charge is 0.299 e. The minimum absolute atomic E-state index is 0.527.